The van der Waals surface area contributed by atoms with Gasteiger partial charge in [-0.2, -0.15) is 0 Å². The summed E-state index contributed by atoms with van der Waals surface area (Å²) in [5.74, 6) is 1.87. The van der Waals surface area contributed by atoms with Crippen LogP contribution in [0.2, 0.25) is 0 Å². The van der Waals surface area contributed by atoms with Crippen LogP contribution in [-0.4, -0.2) is 0 Å². The lowest BCUT2D eigenvalue weighted by Gasteiger charge is -2.41. The molecule has 1 rings (SSSR count). The summed E-state index contributed by atoms with van der Waals surface area (Å²) in [7, 11) is 0. The van der Waals surface area contributed by atoms with Crippen LogP contribution < -0.4 is 0 Å². The molecule has 0 heterocycles. The molecule has 0 N–H and O–H groups in total. The molecular weight excluding hydrogens is 156 g/mol. The molecule has 2 unspecified atom stereocenters. The molecule has 2 atom stereocenters. The molecule has 1 fully saturated rings. The summed E-state index contributed by atoms with van der Waals surface area (Å²) >= 11 is 0. The van der Waals surface area contributed by atoms with Gasteiger partial charge in [-0.15, -0.1) is 0 Å². The fraction of sp³-hybridized carbons (Fsp3) is 1.00. The second kappa shape index (κ2) is 3.29. The van der Waals surface area contributed by atoms with Gasteiger partial charge in [-0.05, 0) is 29.1 Å². The van der Waals surface area contributed by atoms with E-state index in [1.165, 1.54) is 19.3 Å². The van der Waals surface area contributed by atoms with E-state index >= 15 is 0 Å². The molecule has 0 radical (unpaired) electrons. The Morgan fingerprint density at radius 2 is 1.15 bits per heavy atom. The standard InChI is InChI=1S/C13H26/c1-7-10-9-11(8-2)13(5,6)12(10,3)4/h10-11H,7-9H2,1-6H3. The van der Waals surface area contributed by atoms with Gasteiger partial charge in [0.05, 0.1) is 0 Å². The Morgan fingerprint density at radius 1 is 0.846 bits per heavy atom. The average molecular weight is 182 g/mol. The summed E-state index contributed by atoms with van der Waals surface area (Å²) in [6, 6.07) is 0. The highest BCUT2D eigenvalue weighted by atomic mass is 14.6. The molecule has 78 valence electrons. The largest absolute Gasteiger partial charge is 0.0651 e. The molecule has 0 nitrogen and oxygen atoms in total. The van der Waals surface area contributed by atoms with Crippen molar-refractivity contribution < 1.29 is 0 Å². The van der Waals surface area contributed by atoms with Crippen LogP contribution in [0.15, 0.2) is 0 Å². The first-order chi connectivity index (χ1) is 5.87. The maximum Gasteiger partial charge on any atom is -0.0272 e. The monoisotopic (exact) mass is 182 g/mol. The Kier molecular flexibility index (Phi) is 2.81. The molecule has 0 saturated heterocycles. The zero-order chi connectivity index (χ0) is 10.3. The van der Waals surface area contributed by atoms with Crippen LogP contribution in [-0.2, 0) is 0 Å². The lowest BCUT2D eigenvalue weighted by molar-refractivity contribution is 0.0748. The van der Waals surface area contributed by atoms with Gasteiger partial charge in [0.1, 0.15) is 0 Å². The first-order valence-electron chi connectivity index (χ1n) is 5.87. The van der Waals surface area contributed by atoms with E-state index < -0.39 is 0 Å². The van der Waals surface area contributed by atoms with Gasteiger partial charge in [0.25, 0.3) is 0 Å². The fourth-order valence-electron chi connectivity index (χ4n) is 3.34. The van der Waals surface area contributed by atoms with Gasteiger partial charge in [0.15, 0.2) is 0 Å². The Labute approximate surface area is 84.1 Å². The third kappa shape index (κ3) is 1.43. The van der Waals surface area contributed by atoms with Crippen LogP contribution >= 0.6 is 0 Å². The van der Waals surface area contributed by atoms with E-state index in [-0.39, 0.29) is 0 Å². The van der Waals surface area contributed by atoms with Gasteiger partial charge in [-0.3, -0.25) is 0 Å². The first kappa shape index (κ1) is 11.1. The SMILES string of the molecule is CCC1CC(CC)C(C)(C)C1(C)C. The second-order valence-electron chi connectivity index (χ2n) is 5.89. The smallest absolute Gasteiger partial charge is 0.0272 e. The minimum atomic E-state index is 0.530. The summed E-state index contributed by atoms with van der Waals surface area (Å²) in [6.45, 7) is 14.6. The van der Waals surface area contributed by atoms with Gasteiger partial charge >= 0.3 is 0 Å². The van der Waals surface area contributed by atoms with Crippen LogP contribution in [0.4, 0.5) is 0 Å². The highest BCUT2D eigenvalue weighted by Gasteiger charge is 2.52. The molecule has 0 spiro atoms. The fourth-order valence-corrected chi connectivity index (χ4v) is 3.34. The summed E-state index contributed by atoms with van der Waals surface area (Å²) in [5, 5.41) is 0. The number of hydrogen-bond acceptors (Lipinski definition) is 0. The molecule has 0 amide bonds. The van der Waals surface area contributed by atoms with E-state index in [9.17, 15) is 0 Å². The molecule has 1 aliphatic rings. The first-order valence-corrected chi connectivity index (χ1v) is 5.87. The molecule has 1 saturated carbocycles. The van der Waals surface area contributed by atoms with Crippen molar-refractivity contribution in [2.75, 3.05) is 0 Å². The van der Waals surface area contributed by atoms with Crippen molar-refractivity contribution in [3.8, 4) is 0 Å². The van der Waals surface area contributed by atoms with E-state index in [2.05, 4.69) is 41.5 Å². The van der Waals surface area contributed by atoms with Gasteiger partial charge < -0.3 is 0 Å². The van der Waals surface area contributed by atoms with E-state index in [1.54, 1.807) is 0 Å². The quantitative estimate of drug-likeness (QED) is 0.590. The van der Waals surface area contributed by atoms with Crippen LogP contribution in [0.1, 0.15) is 60.8 Å². The molecule has 0 aliphatic heterocycles. The normalized spacial score (nSPS) is 36.5. The second-order valence-corrected chi connectivity index (χ2v) is 5.89. The lowest BCUT2D eigenvalue weighted by Crippen LogP contribution is -2.34. The maximum atomic E-state index is 2.47. The Hall–Kier alpha value is 0. The zero-order valence-corrected chi connectivity index (χ0v) is 10.3. The van der Waals surface area contributed by atoms with Crippen molar-refractivity contribution in [1.82, 2.24) is 0 Å². The topological polar surface area (TPSA) is 0 Å². The predicted octanol–water partition coefficient (Wildman–Crippen LogP) is 4.49. The molecule has 0 heteroatoms. The van der Waals surface area contributed by atoms with Crippen LogP contribution in [0.5, 0.6) is 0 Å². The third-order valence-corrected chi connectivity index (χ3v) is 5.26. The van der Waals surface area contributed by atoms with Crippen molar-refractivity contribution in [2.45, 2.75) is 60.8 Å². The van der Waals surface area contributed by atoms with Gasteiger partial charge in [0, 0.05) is 0 Å². The zero-order valence-electron chi connectivity index (χ0n) is 10.3. The highest BCUT2D eigenvalue weighted by Crippen LogP contribution is 2.60. The van der Waals surface area contributed by atoms with Gasteiger partial charge in [-0.1, -0.05) is 54.4 Å². The Bertz CT molecular complexity index is 156. The maximum absolute atomic E-state index is 2.47. The molecule has 0 aromatic carbocycles. The summed E-state index contributed by atoms with van der Waals surface area (Å²) in [6.07, 6.45) is 4.16. The highest BCUT2D eigenvalue weighted by molar-refractivity contribution is 5.01. The third-order valence-electron chi connectivity index (χ3n) is 5.26. The van der Waals surface area contributed by atoms with Crippen molar-refractivity contribution in [3.05, 3.63) is 0 Å². The van der Waals surface area contributed by atoms with E-state index in [4.69, 9.17) is 0 Å². The Morgan fingerprint density at radius 3 is 1.31 bits per heavy atom. The van der Waals surface area contributed by atoms with Crippen LogP contribution in [0.25, 0.3) is 0 Å². The van der Waals surface area contributed by atoms with Gasteiger partial charge in [0.2, 0.25) is 0 Å². The van der Waals surface area contributed by atoms with Gasteiger partial charge in [-0.25, -0.2) is 0 Å². The van der Waals surface area contributed by atoms with E-state index in [0.717, 1.165) is 11.8 Å². The number of hydrogen-bond donors (Lipinski definition) is 0. The van der Waals surface area contributed by atoms with Crippen LogP contribution in [0, 0.1) is 22.7 Å². The van der Waals surface area contributed by atoms with Crippen molar-refractivity contribution in [1.29, 1.82) is 0 Å². The lowest BCUT2D eigenvalue weighted by atomic mass is 9.64. The summed E-state index contributed by atoms with van der Waals surface area (Å²) in [4.78, 5) is 0. The van der Waals surface area contributed by atoms with Crippen molar-refractivity contribution in [2.24, 2.45) is 22.7 Å². The average Bonchev–Trinajstić information content (AvgIpc) is 2.20. The van der Waals surface area contributed by atoms with E-state index in [0.29, 0.717) is 10.8 Å². The summed E-state index contributed by atoms with van der Waals surface area (Å²) in [5.41, 5.74) is 1.06. The minimum Gasteiger partial charge on any atom is -0.0651 e. The van der Waals surface area contributed by atoms with Crippen LogP contribution in [0.3, 0.4) is 0 Å². The molecule has 0 aromatic heterocycles. The van der Waals surface area contributed by atoms with E-state index in [1.807, 2.05) is 0 Å². The predicted molar refractivity (Wildman–Crippen MR) is 59.7 cm³/mol. The molecule has 0 aromatic rings. The Balaban J connectivity index is 2.93. The molecule has 13 heavy (non-hydrogen) atoms. The van der Waals surface area contributed by atoms with Crippen molar-refractivity contribution >= 4 is 0 Å². The molecule has 0 bridgehead atoms. The van der Waals surface area contributed by atoms with Crippen molar-refractivity contribution in [3.63, 3.8) is 0 Å². The minimum absolute atomic E-state index is 0.530. The molecule has 1 aliphatic carbocycles. The number of rotatable bonds is 2. The summed E-state index contributed by atoms with van der Waals surface area (Å²) < 4.78 is 0. The molecular formula is C13H26.